The fraction of sp³-hybridized carbons (Fsp3) is 0.486. The number of Topliss-reactive ketones (excluding diaryl/α,β-unsaturated/α-hetero) is 1. The van der Waals surface area contributed by atoms with Crippen molar-refractivity contribution in [3.05, 3.63) is 53.3 Å². The molecule has 0 aliphatic carbocycles. The van der Waals surface area contributed by atoms with Gasteiger partial charge in [-0.1, -0.05) is 51.7 Å². The molecule has 1 amide bonds. The first kappa shape index (κ1) is 41.8. The summed E-state index contributed by atoms with van der Waals surface area (Å²) in [5, 5.41) is 60.3. The van der Waals surface area contributed by atoms with Gasteiger partial charge in [0.05, 0.1) is 54.2 Å². The third-order valence-corrected chi connectivity index (χ3v) is 10.1. The quantitative estimate of drug-likeness (QED) is 0.168. The first-order chi connectivity index (χ1) is 23.4. The molecule has 0 radical (unpaired) electrons. The number of aromatic hydroxyl groups is 2. The number of ketones is 1. The molecule has 272 valence electrons. The molecule has 0 spiro atoms. The summed E-state index contributed by atoms with van der Waals surface area (Å²) < 4.78 is 22.5. The largest absolute Gasteiger partial charge is 1.00 e. The monoisotopic (exact) mass is 719 g/mol. The van der Waals surface area contributed by atoms with Gasteiger partial charge in [-0.3, -0.25) is 14.4 Å². The summed E-state index contributed by atoms with van der Waals surface area (Å²) in [5.41, 5.74) is -0.278. The summed E-state index contributed by atoms with van der Waals surface area (Å²) in [4.78, 5) is 40.1. The number of hydrogen-bond acceptors (Lipinski definition) is 12. The van der Waals surface area contributed by atoms with E-state index in [0.717, 1.165) is 6.07 Å². The molecule has 5 rings (SSSR count). The number of fused-ring (bicyclic) bond motifs is 14. The number of methoxy groups -OCH3 is 2. The van der Waals surface area contributed by atoms with Crippen LogP contribution >= 0.6 is 0 Å². The van der Waals surface area contributed by atoms with Crippen LogP contribution in [-0.4, -0.2) is 76.4 Å². The normalized spacial score (nSPS) is 30.3. The maximum atomic E-state index is 13.9. The summed E-state index contributed by atoms with van der Waals surface area (Å²) in [5.74, 6) is -9.54. The van der Waals surface area contributed by atoms with Crippen LogP contribution in [0.4, 0.5) is 5.69 Å². The molecule has 2 aromatic carbocycles. The SMILES string of the molecule is COC(=O)C1C(C)C(OC)C=COC2(C)Oc3c(C)c(O)c4c(O)c(cc([O-])c4c3C2=O)NC(=O)C(C)=CC=CC(C)C(O)C(C)C(O)C1C.[Na+]. The Morgan fingerprint density at radius 1 is 0.961 bits per heavy atom. The molecule has 3 aliphatic rings. The average molecular weight is 720 g/mol. The minimum atomic E-state index is -2.02. The van der Waals surface area contributed by atoms with Crippen molar-refractivity contribution in [2.75, 3.05) is 19.5 Å². The van der Waals surface area contributed by atoms with E-state index in [-0.39, 0.29) is 68.5 Å². The maximum Gasteiger partial charge on any atom is 1.00 e. The minimum Gasteiger partial charge on any atom is -0.872 e. The van der Waals surface area contributed by atoms with Crippen LogP contribution in [-0.2, 0) is 23.8 Å². The van der Waals surface area contributed by atoms with Crippen LogP contribution in [0.25, 0.3) is 10.8 Å². The van der Waals surface area contributed by atoms with Gasteiger partial charge in [-0.05, 0) is 43.2 Å². The first-order valence-electron chi connectivity index (χ1n) is 16.3. The second-order valence-electron chi connectivity index (χ2n) is 13.4. The van der Waals surface area contributed by atoms with Crippen LogP contribution in [0.15, 0.2) is 42.2 Å². The summed E-state index contributed by atoms with van der Waals surface area (Å²) in [7, 11) is 2.65. The van der Waals surface area contributed by atoms with Gasteiger partial charge in [-0.15, -0.1) is 0 Å². The van der Waals surface area contributed by atoms with Crippen molar-refractivity contribution in [2.24, 2.45) is 29.6 Å². The number of esters is 1. The molecule has 9 unspecified atom stereocenters. The molecule has 3 heterocycles. The molecular weight excluding hydrogens is 673 g/mol. The Morgan fingerprint density at radius 2 is 1.61 bits per heavy atom. The van der Waals surface area contributed by atoms with Crippen molar-refractivity contribution < 1.29 is 88.4 Å². The van der Waals surface area contributed by atoms with E-state index in [1.807, 2.05) is 0 Å². The number of phenolic OH excluding ortho intramolecular Hbond substituents is 2. The molecule has 5 N–H and O–H groups in total. The van der Waals surface area contributed by atoms with Crippen molar-refractivity contribution in [1.29, 1.82) is 0 Å². The number of amides is 1. The number of anilines is 1. The average Bonchev–Trinajstić information content (AvgIpc) is 3.34. The second kappa shape index (κ2) is 16.4. The predicted octanol–water partition coefficient (Wildman–Crippen LogP) is 0.984. The molecule has 0 saturated carbocycles. The summed E-state index contributed by atoms with van der Waals surface area (Å²) in [6, 6.07) is 0.949. The fourth-order valence-corrected chi connectivity index (χ4v) is 6.83. The third kappa shape index (κ3) is 7.79. The van der Waals surface area contributed by atoms with Crippen molar-refractivity contribution in [2.45, 2.75) is 72.6 Å². The molecule has 3 aliphatic heterocycles. The van der Waals surface area contributed by atoms with Gasteiger partial charge in [0.15, 0.2) is 5.75 Å². The molecule has 0 aromatic heterocycles. The number of ether oxygens (including phenoxy) is 4. The van der Waals surface area contributed by atoms with E-state index in [1.54, 1.807) is 39.8 Å². The zero-order chi connectivity index (χ0) is 37.4. The molecule has 9 atom stereocenters. The number of hydrogen-bond donors (Lipinski definition) is 5. The van der Waals surface area contributed by atoms with Gasteiger partial charge in [0.1, 0.15) is 11.5 Å². The number of aliphatic hydroxyl groups excluding tert-OH is 2. The van der Waals surface area contributed by atoms with Crippen molar-refractivity contribution in [3.8, 4) is 23.0 Å². The van der Waals surface area contributed by atoms with E-state index in [0.29, 0.717) is 0 Å². The standard InChI is InChI=1S/C37H47NO12.Na/c1-16-11-10-12-17(2)35(45)38-22-15-23(39)26-27(32(22)43)31(42)21(6)33-28(26)34(44)37(7,50-33)49-14-13-24(47-8)18(3)25(36(46)48-9)19(4)30(41)20(5)29(16)40;/h10-16,18-20,24-25,29-30,39-43H,1-9H3,(H,38,45);/q;+1/p-1. The fourth-order valence-electron chi connectivity index (χ4n) is 6.83. The molecule has 5 bridgehead atoms. The molecular formula is C37H46NNaO12. The van der Waals surface area contributed by atoms with Crippen molar-refractivity contribution >= 4 is 34.1 Å². The molecule has 14 heteroatoms. The Labute approximate surface area is 319 Å². The number of rotatable bonds is 2. The number of carbonyl (C=O) groups is 3. The van der Waals surface area contributed by atoms with E-state index in [1.165, 1.54) is 53.4 Å². The molecule has 0 saturated heterocycles. The van der Waals surface area contributed by atoms with E-state index in [2.05, 4.69) is 5.32 Å². The van der Waals surface area contributed by atoms with Gasteiger partial charge in [-0.25, -0.2) is 0 Å². The Bertz CT molecular complexity index is 1770. The number of allylic oxidation sites excluding steroid dienone is 2. The smallest absolute Gasteiger partial charge is 0.872 e. The number of benzene rings is 2. The Hall–Kier alpha value is -3.59. The van der Waals surface area contributed by atoms with Gasteiger partial charge < -0.3 is 49.8 Å². The van der Waals surface area contributed by atoms with Gasteiger partial charge in [0.2, 0.25) is 0 Å². The zero-order valence-electron chi connectivity index (χ0n) is 30.6. The summed E-state index contributed by atoms with van der Waals surface area (Å²) in [6.45, 7) is 11.1. The predicted molar refractivity (Wildman–Crippen MR) is 182 cm³/mol. The maximum absolute atomic E-state index is 13.9. The summed E-state index contributed by atoms with van der Waals surface area (Å²) >= 11 is 0. The van der Waals surface area contributed by atoms with Crippen molar-refractivity contribution in [1.82, 2.24) is 0 Å². The number of aliphatic hydroxyl groups is 2. The van der Waals surface area contributed by atoms with Crippen LogP contribution in [0.2, 0.25) is 0 Å². The van der Waals surface area contributed by atoms with E-state index in [4.69, 9.17) is 18.9 Å². The third-order valence-electron chi connectivity index (χ3n) is 10.1. The van der Waals surface area contributed by atoms with Crippen LogP contribution in [0.1, 0.15) is 57.5 Å². The number of nitrogens with one attached hydrogen (secondary N) is 1. The number of phenols is 2. The van der Waals surface area contributed by atoms with E-state index < -0.39 is 88.6 Å². The van der Waals surface area contributed by atoms with Crippen molar-refractivity contribution in [3.63, 3.8) is 0 Å². The molecule has 0 fully saturated rings. The van der Waals surface area contributed by atoms with E-state index in [9.17, 15) is 39.9 Å². The first-order valence-corrected chi connectivity index (χ1v) is 16.3. The van der Waals surface area contributed by atoms with Crippen LogP contribution in [0.5, 0.6) is 23.0 Å². The Balaban J connectivity index is 0.00000702. The molecule has 13 nitrogen and oxygen atoms in total. The molecule has 51 heavy (non-hydrogen) atoms. The molecule has 2 aromatic rings. The van der Waals surface area contributed by atoms with Crippen LogP contribution < -0.4 is 44.7 Å². The number of carbonyl (C=O) groups excluding carboxylic acids is 3. The Kier molecular flexibility index (Phi) is 13.4. The van der Waals surface area contributed by atoms with Gasteiger partial charge in [0.25, 0.3) is 11.7 Å². The van der Waals surface area contributed by atoms with Gasteiger partial charge >= 0.3 is 41.3 Å². The summed E-state index contributed by atoms with van der Waals surface area (Å²) in [6.07, 6.45) is 4.30. The van der Waals surface area contributed by atoms with Gasteiger partial charge in [0, 0.05) is 37.0 Å². The van der Waals surface area contributed by atoms with Gasteiger partial charge in [-0.2, -0.15) is 0 Å². The minimum absolute atomic E-state index is 0. The Morgan fingerprint density at radius 3 is 2.22 bits per heavy atom. The van der Waals surface area contributed by atoms with Crippen LogP contribution in [0, 0.1) is 36.5 Å². The zero-order valence-corrected chi connectivity index (χ0v) is 32.6. The van der Waals surface area contributed by atoms with E-state index >= 15 is 0 Å². The topological polar surface area (TPSA) is 204 Å². The van der Waals surface area contributed by atoms with Crippen LogP contribution in [0.3, 0.4) is 0 Å². The second-order valence-corrected chi connectivity index (χ2v) is 13.4.